The Balaban J connectivity index is 1.88. The molecule has 3 rings (SSSR count). The van der Waals surface area contributed by atoms with Crippen LogP contribution in [0.2, 0.25) is 0 Å². The molecule has 0 aliphatic carbocycles. The molecule has 0 saturated carbocycles. The van der Waals surface area contributed by atoms with Crippen LogP contribution in [0, 0.1) is 19.7 Å². The van der Waals surface area contributed by atoms with Gasteiger partial charge in [-0.2, -0.15) is 0 Å². The van der Waals surface area contributed by atoms with Gasteiger partial charge >= 0.3 is 0 Å². The van der Waals surface area contributed by atoms with Gasteiger partial charge in [0.05, 0.1) is 0 Å². The lowest BCUT2D eigenvalue weighted by Gasteiger charge is -2.18. The molecule has 1 amide bonds. The van der Waals surface area contributed by atoms with Gasteiger partial charge in [0, 0.05) is 10.6 Å². The van der Waals surface area contributed by atoms with Crippen molar-refractivity contribution < 1.29 is 9.18 Å². The number of anilines is 1. The van der Waals surface area contributed by atoms with E-state index in [1.54, 1.807) is 12.1 Å². The summed E-state index contributed by atoms with van der Waals surface area (Å²) < 4.78 is 13.2. The van der Waals surface area contributed by atoms with Gasteiger partial charge in [0.1, 0.15) is 11.1 Å². The van der Waals surface area contributed by atoms with Gasteiger partial charge in [-0.25, -0.2) is 4.39 Å². The van der Waals surface area contributed by atoms with Gasteiger partial charge in [-0.3, -0.25) is 4.79 Å². The van der Waals surface area contributed by atoms with E-state index in [1.165, 1.54) is 23.9 Å². The number of nitrogens with one attached hydrogen (secondary N) is 1. The smallest absolute Gasteiger partial charge is 0.242 e. The molecule has 0 aromatic heterocycles. The predicted molar refractivity (Wildman–Crippen MR) is 106 cm³/mol. The second-order valence-corrected chi connectivity index (χ2v) is 7.35. The van der Waals surface area contributed by atoms with Crippen LogP contribution in [0.1, 0.15) is 21.9 Å². The van der Waals surface area contributed by atoms with Crippen molar-refractivity contribution in [2.75, 3.05) is 5.32 Å². The zero-order valence-corrected chi connectivity index (χ0v) is 15.5. The molecule has 3 aromatic carbocycles. The minimum atomic E-state index is -0.429. The van der Waals surface area contributed by atoms with Crippen LogP contribution in [-0.4, -0.2) is 5.91 Å². The molecule has 0 radical (unpaired) electrons. The Hall–Kier alpha value is -2.59. The quantitative estimate of drug-likeness (QED) is 0.569. The maximum absolute atomic E-state index is 13.2. The molecule has 132 valence electrons. The van der Waals surface area contributed by atoms with Gasteiger partial charge < -0.3 is 5.32 Å². The number of halogens is 1. The maximum Gasteiger partial charge on any atom is 0.242 e. The van der Waals surface area contributed by atoms with Crippen LogP contribution in [0.4, 0.5) is 10.1 Å². The first-order chi connectivity index (χ1) is 12.5. The molecule has 1 atom stereocenters. The summed E-state index contributed by atoms with van der Waals surface area (Å²) in [6.45, 7) is 3.97. The van der Waals surface area contributed by atoms with Gasteiger partial charge in [-0.1, -0.05) is 42.5 Å². The summed E-state index contributed by atoms with van der Waals surface area (Å²) in [5.74, 6) is -0.385. The monoisotopic (exact) mass is 365 g/mol. The summed E-state index contributed by atoms with van der Waals surface area (Å²) in [4.78, 5) is 13.9. The molecular formula is C22H20FNOS. The fourth-order valence-corrected chi connectivity index (χ4v) is 3.64. The highest BCUT2D eigenvalue weighted by Crippen LogP contribution is 2.36. The van der Waals surface area contributed by atoms with E-state index < -0.39 is 5.25 Å². The van der Waals surface area contributed by atoms with Crippen molar-refractivity contribution in [3.63, 3.8) is 0 Å². The molecule has 4 heteroatoms. The highest BCUT2D eigenvalue weighted by Gasteiger charge is 2.22. The van der Waals surface area contributed by atoms with E-state index in [0.717, 1.165) is 27.3 Å². The lowest BCUT2D eigenvalue weighted by Crippen LogP contribution is -2.19. The predicted octanol–water partition coefficient (Wildman–Crippen LogP) is 5.91. The first-order valence-electron chi connectivity index (χ1n) is 8.38. The molecule has 26 heavy (non-hydrogen) atoms. The lowest BCUT2D eigenvalue weighted by atomic mass is 10.1. The lowest BCUT2D eigenvalue weighted by molar-refractivity contribution is -0.115. The number of carbonyl (C=O) groups excluding carboxylic acids is 1. The fourth-order valence-electron chi connectivity index (χ4n) is 2.62. The average Bonchev–Trinajstić information content (AvgIpc) is 2.65. The van der Waals surface area contributed by atoms with Crippen LogP contribution in [0.3, 0.4) is 0 Å². The van der Waals surface area contributed by atoms with E-state index in [0.29, 0.717) is 0 Å². The van der Waals surface area contributed by atoms with Crippen molar-refractivity contribution in [2.45, 2.75) is 24.0 Å². The van der Waals surface area contributed by atoms with Crippen LogP contribution >= 0.6 is 11.8 Å². The summed E-state index contributed by atoms with van der Waals surface area (Å²) in [5.41, 5.74) is 3.83. The molecular weight excluding hydrogens is 345 g/mol. The summed E-state index contributed by atoms with van der Waals surface area (Å²) in [6, 6.07) is 21.8. The second kappa shape index (κ2) is 8.19. The van der Waals surface area contributed by atoms with Gasteiger partial charge in [0.15, 0.2) is 0 Å². The zero-order valence-electron chi connectivity index (χ0n) is 14.7. The Kier molecular flexibility index (Phi) is 5.74. The van der Waals surface area contributed by atoms with Crippen molar-refractivity contribution in [3.05, 3.63) is 95.3 Å². The first kappa shape index (κ1) is 18.2. The first-order valence-corrected chi connectivity index (χ1v) is 9.26. The zero-order chi connectivity index (χ0) is 18.5. The van der Waals surface area contributed by atoms with Crippen molar-refractivity contribution in [2.24, 2.45) is 0 Å². The number of benzene rings is 3. The molecule has 0 bridgehead atoms. The summed E-state index contributed by atoms with van der Waals surface area (Å²) >= 11 is 1.41. The molecule has 1 N–H and O–H groups in total. The second-order valence-electron chi connectivity index (χ2n) is 6.17. The van der Waals surface area contributed by atoms with Crippen molar-refractivity contribution >= 4 is 23.4 Å². The van der Waals surface area contributed by atoms with E-state index in [2.05, 4.69) is 5.32 Å². The van der Waals surface area contributed by atoms with Crippen molar-refractivity contribution in [1.29, 1.82) is 0 Å². The van der Waals surface area contributed by atoms with Crippen LogP contribution in [0.5, 0.6) is 0 Å². The van der Waals surface area contributed by atoms with Gasteiger partial charge in [-0.05, 0) is 60.9 Å². The fraction of sp³-hybridized carbons (Fsp3) is 0.136. The third-order valence-electron chi connectivity index (χ3n) is 4.06. The molecule has 3 aromatic rings. The Labute approximate surface area is 157 Å². The largest absolute Gasteiger partial charge is 0.325 e. The number of thioether (sulfide) groups is 1. The maximum atomic E-state index is 13.2. The van der Waals surface area contributed by atoms with Crippen LogP contribution < -0.4 is 5.32 Å². The van der Waals surface area contributed by atoms with Crippen LogP contribution in [0.25, 0.3) is 0 Å². The summed E-state index contributed by atoms with van der Waals surface area (Å²) in [7, 11) is 0. The minimum Gasteiger partial charge on any atom is -0.325 e. The number of carbonyl (C=O) groups is 1. The van der Waals surface area contributed by atoms with E-state index in [9.17, 15) is 9.18 Å². The highest BCUT2D eigenvalue weighted by atomic mass is 32.2. The highest BCUT2D eigenvalue weighted by molar-refractivity contribution is 8.00. The summed E-state index contributed by atoms with van der Waals surface area (Å²) in [6.07, 6.45) is 0. The Morgan fingerprint density at radius 3 is 2.35 bits per heavy atom. The number of aryl methyl sites for hydroxylation is 2. The standard InChI is InChI=1S/C22H20FNOS/c1-15-8-9-16(2)20(14-15)24-22(25)21(17-6-4-3-5-7-17)26-19-12-10-18(23)11-13-19/h3-14,21H,1-2H3,(H,24,25)/t21-/m1/s1. The van der Waals surface area contributed by atoms with Gasteiger partial charge in [0.2, 0.25) is 5.91 Å². The molecule has 0 aliphatic heterocycles. The van der Waals surface area contributed by atoms with Crippen LogP contribution in [0.15, 0.2) is 77.7 Å². The Bertz CT molecular complexity index is 894. The van der Waals surface area contributed by atoms with Gasteiger partial charge in [0.25, 0.3) is 0 Å². The van der Waals surface area contributed by atoms with Gasteiger partial charge in [-0.15, -0.1) is 11.8 Å². The minimum absolute atomic E-state index is 0.0979. The number of hydrogen-bond acceptors (Lipinski definition) is 2. The van der Waals surface area contributed by atoms with E-state index in [1.807, 2.05) is 62.4 Å². The van der Waals surface area contributed by atoms with E-state index in [4.69, 9.17) is 0 Å². The third kappa shape index (κ3) is 4.52. The Morgan fingerprint density at radius 1 is 0.962 bits per heavy atom. The number of amides is 1. The van der Waals surface area contributed by atoms with E-state index in [-0.39, 0.29) is 11.7 Å². The molecule has 0 aliphatic rings. The van der Waals surface area contributed by atoms with E-state index >= 15 is 0 Å². The van der Waals surface area contributed by atoms with Crippen molar-refractivity contribution in [3.8, 4) is 0 Å². The molecule has 0 saturated heterocycles. The molecule has 2 nitrogen and oxygen atoms in total. The average molecular weight is 365 g/mol. The summed E-state index contributed by atoms with van der Waals surface area (Å²) in [5, 5.41) is 2.62. The third-order valence-corrected chi connectivity index (χ3v) is 5.33. The van der Waals surface area contributed by atoms with Crippen molar-refractivity contribution in [1.82, 2.24) is 0 Å². The SMILES string of the molecule is Cc1ccc(C)c(NC(=O)[C@H](Sc2ccc(F)cc2)c2ccccc2)c1. The van der Waals surface area contributed by atoms with Crippen LogP contribution in [-0.2, 0) is 4.79 Å². The normalized spacial score (nSPS) is 11.8. The Morgan fingerprint density at radius 2 is 1.65 bits per heavy atom. The number of rotatable bonds is 5. The molecule has 0 heterocycles. The topological polar surface area (TPSA) is 29.1 Å². The molecule has 0 fully saturated rings. The molecule has 0 spiro atoms. The number of hydrogen-bond donors (Lipinski definition) is 1. The molecule has 0 unspecified atom stereocenters.